The molecule has 0 unspecified atom stereocenters. The quantitative estimate of drug-likeness (QED) is 0.869. The Balaban J connectivity index is 1.68. The smallest absolute Gasteiger partial charge is 0.226 e. The number of rotatable bonds is 4. The van der Waals surface area contributed by atoms with Crippen LogP contribution in [0.5, 0.6) is 5.75 Å². The van der Waals surface area contributed by atoms with Crippen molar-refractivity contribution in [2.24, 2.45) is 0 Å². The summed E-state index contributed by atoms with van der Waals surface area (Å²) in [4.78, 5) is 6.95. The van der Waals surface area contributed by atoms with E-state index in [0.29, 0.717) is 5.89 Å². The molecule has 1 aromatic heterocycles. The van der Waals surface area contributed by atoms with Gasteiger partial charge in [0.15, 0.2) is 0 Å². The molecule has 1 aliphatic rings. The molecule has 0 aliphatic carbocycles. The molecule has 1 aliphatic heterocycles. The lowest BCUT2D eigenvalue weighted by atomic mass is 10.2. The SMILES string of the molecule is COc1ccc(-c2nc(CN3C[C@@H](C)O[C@@H](C)C3)co2)cc1. The maximum absolute atomic E-state index is 5.75. The average Bonchev–Trinajstić information content (AvgIpc) is 2.95. The van der Waals surface area contributed by atoms with Crippen molar-refractivity contribution in [3.63, 3.8) is 0 Å². The van der Waals surface area contributed by atoms with Crippen molar-refractivity contribution in [2.45, 2.75) is 32.6 Å². The molecule has 3 rings (SSSR count). The van der Waals surface area contributed by atoms with E-state index in [-0.39, 0.29) is 12.2 Å². The van der Waals surface area contributed by atoms with Gasteiger partial charge in [0.25, 0.3) is 0 Å². The Morgan fingerprint density at radius 3 is 2.50 bits per heavy atom. The van der Waals surface area contributed by atoms with Crippen LogP contribution in [0.2, 0.25) is 0 Å². The predicted octanol–water partition coefficient (Wildman–Crippen LogP) is 2.96. The van der Waals surface area contributed by atoms with E-state index < -0.39 is 0 Å². The molecule has 2 atom stereocenters. The summed E-state index contributed by atoms with van der Waals surface area (Å²) in [5.41, 5.74) is 1.91. The fraction of sp³-hybridized carbons (Fsp3) is 0.471. The topological polar surface area (TPSA) is 47.7 Å². The van der Waals surface area contributed by atoms with Crippen LogP contribution in [0.25, 0.3) is 11.5 Å². The molecule has 118 valence electrons. The third-order valence-electron chi connectivity index (χ3n) is 3.77. The highest BCUT2D eigenvalue weighted by molar-refractivity contribution is 5.54. The molecule has 5 heteroatoms. The number of nitrogens with zero attached hydrogens (tertiary/aromatic N) is 2. The lowest BCUT2D eigenvalue weighted by molar-refractivity contribution is -0.0707. The van der Waals surface area contributed by atoms with Gasteiger partial charge in [-0.15, -0.1) is 0 Å². The molecule has 1 fully saturated rings. The summed E-state index contributed by atoms with van der Waals surface area (Å²) in [7, 11) is 1.66. The number of ether oxygens (including phenoxy) is 2. The predicted molar refractivity (Wildman–Crippen MR) is 83.8 cm³/mol. The van der Waals surface area contributed by atoms with Gasteiger partial charge in [0.05, 0.1) is 25.0 Å². The first-order chi connectivity index (χ1) is 10.6. The molecule has 0 spiro atoms. The third-order valence-corrected chi connectivity index (χ3v) is 3.77. The van der Waals surface area contributed by atoms with Gasteiger partial charge in [0.1, 0.15) is 12.0 Å². The first kappa shape index (κ1) is 15.1. The number of hydrogen-bond acceptors (Lipinski definition) is 5. The van der Waals surface area contributed by atoms with Crippen LogP contribution in [0.4, 0.5) is 0 Å². The van der Waals surface area contributed by atoms with Gasteiger partial charge in [-0.3, -0.25) is 4.90 Å². The van der Waals surface area contributed by atoms with E-state index in [1.165, 1.54) is 0 Å². The summed E-state index contributed by atoms with van der Waals surface area (Å²) in [6, 6.07) is 7.72. The highest BCUT2D eigenvalue weighted by Gasteiger charge is 2.23. The number of hydrogen-bond donors (Lipinski definition) is 0. The van der Waals surface area contributed by atoms with Crippen LogP contribution in [0.3, 0.4) is 0 Å². The monoisotopic (exact) mass is 302 g/mol. The molecule has 0 bridgehead atoms. The van der Waals surface area contributed by atoms with Gasteiger partial charge in [-0.2, -0.15) is 0 Å². The van der Waals surface area contributed by atoms with Crippen molar-refractivity contribution in [3.05, 3.63) is 36.2 Å². The second-order valence-electron chi connectivity index (χ2n) is 5.82. The minimum Gasteiger partial charge on any atom is -0.497 e. The van der Waals surface area contributed by atoms with Crippen molar-refractivity contribution in [1.29, 1.82) is 0 Å². The highest BCUT2D eigenvalue weighted by atomic mass is 16.5. The lowest BCUT2D eigenvalue weighted by Crippen LogP contribution is -2.44. The summed E-state index contributed by atoms with van der Waals surface area (Å²) in [5, 5.41) is 0. The zero-order valence-corrected chi connectivity index (χ0v) is 13.3. The minimum atomic E-state index is 0.261. The number of benzene rings is 1. The number of methoxy groups -OCH3 is 1. The molecule has 1 saturated heterocycles. The standard InChI is InChI=1S/C17H22N2O3/c1-12-8-19(9-13(2)22-12)10-15-11-21-17(18-15)14-4-6-16(20-3)7-5-14/h4-7,11-13H,8-10H2,1-3H3/t12-,13+. The maximum atomic E-state index is 5.75. The Hall–Kier alpha value is -1.85. The second-order valence-corrected chi connectivity index (χ2v) is 5.82. The van der Waals surface area contributed by atoms with Crippen molar-refractivity contribution in [3.8, 4) is 17.2 Å². The van der Waals surface area contributed by atoms with E-state index in [0.717, 1.165) is 36.6 Å². The van der Waals surface area contributed by atoms with Crippen LogP contribution < -0.4 is 4.74 Å². The van der Waals surface area contributed by atoms with Gasteiger partial charge in [0.2, 0.25) is 5.89 Å². The van der Waals surface area contributed by atoms with Gasteiger partial charge < -0.3 is 13.9 Å². The van der Waals surface area contributed by atoms with Crippen molar-refractivity contribution >= 4 is 0 Å². The Bertz CT molecular complexity index is 599. The van der Waals surface area contributed by atoms with Gasteiger partial charge in [-0.05, 0) is 38.1 Å². The van der Waals surface area contributed by atoms with Gasteiger partial charge >= 0.3 is 0 Å². The first-order valence-corrected chi connectivity index (χ1v) is 7.60. The minimum absolute atomic E-state index is 0.261. The van der Waals surface area contributed by atoms with Gasteiger partial charge in [-0.1, -0.05) is 0 Å². The lowest BCUT2D eigenvalue weighted by Gasteiger charge is -2.34. The van der Waals surface area contributed by atoms with E-state index in [2.05, 4.69) is 23.7 Å². The van der Waals surface area contributed by atoms with Crippen LogP contribution >= 0.6 is 0 Å². The van der Waals surface area contributed by atoms with Crippen molar-refractivity contribution < 1.29 is 13.9 Å². The Morgan fingerprint density at radius 2 is 1.86 bits per heavy atom. The zero-order chi connectivity index (χ0) is 15.5. The zero-order valence-electron chi connectivity index (χ0n) is 13.3. The largest absolute Gasteiger partial charge is 0.497 e. The summed E-state index contributed by atoms with van der Waals surface area (Å²) in [6.45, 7) is 6.85. The molecular formula is C17H22N2O3. The Labute approximate surface area is 130 Å². The Kier molecular flexibility index (Phi) is 4.45. The summed E-state index contributed by atoms with van der Waals surface area (Å²) in [6.07, 6.45) is 2.26. The molecule has 0 amide bonds. The summed E-state index contributed by atoms with van der Waals surface area (Å²) >= 11 is 0. The molecule has 2 aromatic rings. The fourth-order valence-electron chi connectivity index (χ4n) is 2.89. The maximum Gasteiger partial charge on any atom is 0.226 e. The van der Waals surface area contributed by atoms with Crippen molar-refractivity contribution in [2.75, 3.05) is 20.2 Å². The van der Waals surface area contributed by atoms with Crippen LogP contribution in [0.15, 0.2) is 34.9 Å². The number of morpholine rings is 1. The molecule has 0 radical (unpaired) electrons. The third kappa shape index (κ3) is 3.48. The average molecular weight is 302 g/mol. The first-order valence-electron chi connectivity index (χ1n) is 7.60. The second kappa shape index (κ2) is 6.50. The van der Waals surface area contributed by atoms with Crippen LogP contribution in [0.1, 0.15) is 19.5 Å². The number of oxazole rings is 1. The van der Waals surface area contributed by atoms with Gasteiger partial charge in [0, 0.05) is 25.2 Å². The summed E-state index contributed by atoms with van der Waals surface area (Å²) < 4.78 is 16.5. The van der Waals surface area contributed by atoms with Crippen LogP contribution in [-0.2, 0) is 11.3 Å². The normalized spacial score (nSPS) is 22.7. The summed E-state index contributed by atoms with van der Waals surface area (Å²) in [5.74, 6) is 1.47. The van der Waals surface area contributed by atoms with E-state index in [9.17, 15) is 0 Å². The van der Waals surface area contributed by atoms with E-state index in [1.54, 1.807) is 13.4 Å². The molecule has 2 heterocycles. The molecule has 0 N–H and O–H groups in total. The molecule has 0 saturated carbocycles. The van der Waals surface area contributed by atoms with Crippen LogP contribution in [0, 0.1) is 0 Å². The molecule has 5 nitrogen and oxygen atoms in total. The Morgan fingerprint density at radius 1 is 1.18 bits per heavy atom. The number of aromatic nitrogens is 1. The van der Waals surface area contributed by atoms with E-state index >= 15 is 0 Å². The van der Waals surface area contributed by atoms with Crippen LogP contribution in [-0.4, -0.2) is 42.3 Å². The van der Waals surface area contributed by atoms with E-state index in [4.69, 9.17) is 13.9 Å². The molecule has 1 aromatic carbocycles. The van der Waals surface area contributed by atoms with E-state index in [1.807, 2.05) is 24.3 Å². The molecule has 22 heavy (non-hydrogen) atoms. The fourth-order valence-corrected chi connectivity index (χ4v) is 2.89. The highest BCUT2D eigenvalue weighted by Crippen LogP contribution is 2.22. The van der Waals surface area contributed by atoms with Gasteiger partial charge in [-0.25, -0.2) is 4.98 Å². The molecular weight excluding hydrogens is 280 g/mol. The van der Waals surface area contributed by atoms with Crippen molar-refractivity contribution in [1.82, 2.24) is 9.88 Å².